The molecule has 2 saturated heterocycles. The Morgan fingerprint density at radius 1 is 1.18 bits per heavy atom. The lowest BCUT2D eigenvalue weighted by Crippen LogP contribution is -2.49. The monoisotopic (exact) mass is 464 g/mol. The van der Waals surface area contributed by atoms with Gasteiger partial charge in [0.15, 0.2) is 0 Å². The van der Waals surface area contributed by atoms with E-state index in [1.165, 1.54) is 12.1 Å². The van der Waals surface area contributed by atoms with Crippen molar-refractivity contribution in [2.24, 2.45) is 5.92 Å². The second-order valence-corrected chi connectivity index (χ2v) is 9.18. The first-order valence-corrected chi connectivity index (χ1v) is 11.9. The van der Waals surface area contributed by atoms with Gasteiger partial charge >= 0.3 is 0 Å². The van der Waals surface area contributed by atoms with Crippen molar-refractivity contribution in [1.29, 1.82) is 0 Å². The molecular weight excluding hydrogens is 435 g/mol. The molecule has 1 unspecified atom stereocenters. The zero-order valence-electron chi connectivity index (χ0n) is 19.1. The van der Waals surface area contributed by atoms with Gasteiger partial charge in [0.1, 0.15) is 11.6 Å². The fourth-order valence-corrected chi connectivity index (χ4v) is 5.17. The van der Waals surface area contributed by atoms with Crippen LogP contribution in [0.4, 0.5) is 4.39 Å². The van der Waals surface area contributed by atoms with E-state index in [2.05, 4.69) is 15.3 Å². The number of ether oxygens (including phenoxy) is 1. The maximum absolute atomic E-state index is 13.7. The van der Waals surface area contributed by atoms with Crippen LogP contribution in [0.1, 0.15) is 30.7 Å². The number of H-pyrrole nitrogens is 1. The van der Waals surface area contributed by atoms with Crippen LogP contribution < -0.4 is 5.32 Å². The second kappa shape index (κ2) is 9.54. The van der Waals surface area contributed by atoms with Crippen LogP contribution in [0.3, 0.4) is 0 Å². The second-order valence-electron chi connectivity index (χ2n) is 9.18. The Bertz CT molecular complexity index is 1170. The number of carbonyl (C=O) groups is 2. The van der Waals surface area contributed by atoms with Gasteiger partial charge in [0, 0.05) is 39.3 Å². The lowest BCUT2D eigenvalue weighted by molar-refractivity contribution is -0.140. The summed E-state index contributed by atoms with van der Waals surface area (Å²) in [5.41, 5.74) is 1.80. The molecule has 0 spiro atoms. The summed E-state index contributed by atoms with van der Waals surface area (Å²) in [6.45, 7) is 2.57. The number of hydrogen-bond acceptors (Lipinski definition) is 4. The molecule has 2 aliphatic heterocycles. The number of halogens is 1. The first-order valence-electron chi connectivity index (χ1n) is 11.9. The predicted octanol–water partition coefficient (Wildman–Crippen LogP) is 2.96. The van der Waals surface area contributed by atoms with E-state index in [1.807, 2.05) is 35.2 Å². The number of hydrogen-bond donors (Lipinski definition) is 2. The first-order chi connectivity index (χ1) is 16.5. The van der Waals surface area contributed by atoms with Crippen LogP contribution in [0, 0.1) is 11.7 Å². The average molecular weight is 465 g/mol. The lowest BCUT2D eigenvalue weighted by atomic mass is 9.73. The number of rotatable bonds is 6. The molecule has 2 aliphatic rings. The van der Waals surface area contributed by atoms with E-state index in [4.69, 9.17) is 4.74 Å². The Morgan fingerprint density at radius 2 is 1.97 bits per heavy atom. The molecule has 1 atom stereocenters. The Kier molecular flexibility index (Phi) is 6.32. The SMILES string of the molecule is O=C(NCCc1nc2ccc(F)cc2[nH]1)C1CCN(C(=O)C2(c3ccccc3)CCOCC2)C1. The molecule has 0 bridgehead atoms. The standard InChI is InChI=1S/C26H29FN4O3/c27-20-6-7-21-22(16-20)30-23(29-21)8-12-28-24(32)18-9-13-31(17-18)25(33)26(10-14-34-15-11-26)19-4-2-1-3-5-19/h1-7,16,18H,8-15,17H2,(H,28,32)(H,29,30). The maximum atomic E-state index is 13.7. The number of likely N-dealkylation sites (tertiary alicyclic amines) is 1. The topological polar surface area (TPSA) is 87.3 Å². The number of aromatic nitrogens is 2. The number of aromatic amines is 1. The minimum Gasteiger partial charge on any atom is -0.381 e. The van der Waals surface area contributed by atoms with Gasteiger partial charge in [-0.2, -0.15) is 0 Å². The molecule has 1 aromatic heterocycles. The van der Waals surface area contributed by atoms with Crippen molar-refractivity contribution in [3.63, 3.8) is 0 Å². The van der Waals surface area contributed by atoms with Gasteiger partial charge in [0.25, 0.3) is 0 Å². The molecule has 2 N–H and O–H groups in total. The van der Waals surface area contributed by atoms with Crippen LogP contribution in [0.25, 0.3) is 11.0 Å². The van der Waals surface area contributed by atoms with Crippen molar-refractivity contribution in [2.45, 2.75) is 31.1 Å². The third-order valence-electron chi connectivity index (χ3n) is 7.08. The summed E-state index contributed by atoms with van der Waals surface area (Å²) in [5, 5.41) is 2.98. The summed E-state index contributed by atoms with van der Waals surface area (Å²) in [7, 11) is 0. The van der Waals surface area contributed by atoms with Crippen molar-refractivity contribution in [1.82, 2.24) is 20.2 Å². The highest BCUT2D eigenvalue weighted by atomic mass is 19.1. The van der Waals surface area contributed by atoms with Gasteiger partial charge in [-0.1, -0.05) is 30.3 Å². The van der Waals surface area contributed by atoms with Crippen LogP contribution in [0.2, 0.25) is 0 Å². The minimum atomic E-state index is -0.578. The molecule has 3 aromatic rings. The summed E-state index contributed by atoms with van der Waals surface area (Å²) in [5.74, 6) is 0.228. The molecule has 178 valence electrons. The summed E-state index contributed by atoms with van der Waals surface area (Å²) in [6.07, 6.45) is 2.49. The van der Waals surface area contributed by atoms with E-state index in [9.17, 15) is 14.0 Å². The maximum Gasteiger partial charge on any atom is 0.233 e. The van der Waals surface area contributed by atoms with Gasteiger partial charge in [-0.3, -0.25) is 9.59 Å². The predicted molar refractivity (Wildman–Crippen MR) is 126 cm³/mol. The molecule has 3 heterocycles. The lowest BCUT2D eigenvalue weighted by Gasteiger charge is -2.39. The number of amides is 2. The number of nitrogens with one attached hydrogen (secondary N) is 2. The van der Waals surface area contributed by atoms with E-state index in [0.717, 1.165) is 5.56 Å². The Hall–Kier alpha value is -3.26. The quantitative estimate of drug-likeness (QED) is 0.587. The van der Waals surface area contributed by atoms with Crippen molar-refractivity contribution < 1.29 is 18.7 Å². The van der Waals surface area contributed by atoms with Crippen LogP contribution in [-0.2, 0) is 26.2 Å². The Morgan fingerprint density at radius 3 is 2.76 bits per heavy atom. The summed E-state index contributed by atoms with van der Waals surface area (Å²) in [4.78, 5) is 35.9. The highest BCUT2D eigenvalue weighted by Gasteiger charge is 2.46. The van der Waals surface area contributed by atoms with Gasteiger partial charge in [0.2, 0.25) is 11.8 Å². The molecular formula is C26H29FN4O3. The summed E-state index contributed by atoms with van der Waals surface area (Å²) >= 11 is 0. The molecule has 2 fully saturated rings. The fourth-order valence-electron chi connectivity index (χ4n) is 5.17. The van der Waals surface area contributed by atoms with E-state index >= 15 is 0 Å². The van der Waals surface area contributed by atoms with Crippen LogP contribution in [-0.4, -0.2) is 59.5 Å². The molecule has 0 saturated carbocycles. The smallest absolute Gasteiger partial charge is 0.233 e. The normalized spacial score (nSPS) is 19.9. The first kappa shape index (κ1) is 22.5. The van der Waals surface area contributed by atoms with Gasteiger partial charge in [-0.05, 0) is 43.0 Å². The largest absolute Gasteiger partial charge is 0.381 e. The van der Waals surface area contributed by atoms with Crippen LogP contribution in [0.15, 0.2) is 48.5 Å². The van der Waals surface area contributed by atoms with Crippen LogP contribution >= 0.6 is 0 Å². The fraction of sp³-hybridized carbons (Fsp3) is 0.423. The Balaban J connectivity index is 1.18. The zero-order valence-corrected chi connectivity index (χ0v) is 19.1. The van der Waals surface area contributed by atoms with Gasteiger partial charge in [-0.25, -0.2) is 9.37 Å². The molecule has 8 heteroatoms. The van der Waals surface area contributed by atoms with Gasteiger partial charge in [-0.15, -0.1) is 0 Å². The van der Waals surface area contributed by atoms with E-state index in [1.54, 1.807) is 6.07 Å². The number of benzene rings is 2. The van der Waals surface area contributed by atoms with E-state index in [-0.39, 0.29) is 23.5 Å². The molecule has 34 heavy (non-hydrogen) atoms. The van der Waals surface area contributed by atoms with Crippen molar-refractivity contribution in [3.05, 3.63) is 65.7 Å². The molecule has 2 amide bonds. The number of imidazole rings is 1. The molecule has 2 aromatic carbocycles. The molecule has 0 radical (unpaired) electrons. The zero-order chi connectivity index (χ0) is 23.5. The van der Waals surface area contributed by atoms with E-state index in [0.29, 0.717) is 75.4 Å². The minimum absolute atomic E-state index is 0.0433. The van der Waals surface area contributed by atoms with Crippen molar-refractivity contribution in [3.8, 4) is 0 Å². The van der Waals surface area contributed by atoms with E-state index < -0.39 is 5.41 Å². The third kappa shape index (κ3) is 4.42. The van der Waals surface area contributed by atoms with Gasteiger partial charge < -0.3 is 19.9 Å². The summed E-state index contributed by atoms with van der Waals surface area (Å²) in [6, 6.07) is 14.4. The Labute approximate surface area is 197 Å². The van der Waals surface area contributed by atoms with Crippen molar-refractivity contribution in [2.75, 3.05) is 32.8 Å². The number of carbonyl (C=O) groups excluding carboxylic acids is 2. The van der Waals surface area contributed by atoms with Crippen LogP contribution in [0.5, 0.6) is 0 Å². The average Bonchev–Trinajstić information content (AvgIpc) is 3.51. The van der Waals surface area contributed by atoms with Gasteiger partial charge in [0.05, 0.1) is 22.4 Å². The highest BCUT2D eigenvalue weighted by Crippen LogP contribution is 2.38. The number of fused-ring (bicyclic) bond motifs is 1. The third-order valence-corrected chi connectivity index (χ3v) is 7.08. The van der Waals surface area contributed by atoms with Crippen molar-refractivity contribution >= 4 is 22.8 Å². The molecule has 0 aliphatic carbocycles. The highest BCUT2D eigenvalue weighted by molar-refractivity contribution is 5.90. The summed E-state index contributed by atoms with van der Waals surface area (Å²) < 4.78 is 18.9. The number of nitrogens with zero attached hydrogens (tertiary/aromatic N) is 2. The molecule has 7 nitrogen and oxygen atoms in total. The molecule has 5 rings (SSSR count).